The molecule has 1 aromatic carbocycles. The van der Waals surface area contributed by atoms with Gasteiger partial charge in [-0.05, 0) is 38.3 Å². The number of Topliss-reactive ketones (excluding diaryl/α,β-unsaturated/α-hetero) is 1. The van der Waals surface area contributed by atoms with E-state index >= 15 is 0 Å². The van der Waals surface area contributed by atoms with Crippen molar-refractivity contribution in [3.63, 3.8) is 0 Å². The molecule has 1 unspecified atom stereocenters. The van der Waals surface area contributed by atoms with Crippen molar-refractivity contribution in [1.82, 2.24) is 4.90 Å². The average Bonchev–Trinajstić information content (AvgIpc) is 2.41. The van der Waals surface area contributed by atoms with E-state index in [9.17, 15) is 14.0 Å². The molecule has 108 valence electrons. The van der Waals surface area contributed by atoms with Crippen LogP contribution >= 0.6 is 0 Å². The highest BCUT2D eigenvalue weighted by molar-refractivity contribution is 5.90. The summed E-state index contributed by atoms with van der Waals surface area (Å²) in [5, 5.41) is 2.58. The van der Waals surface area contributed by atoms with Gasteiger partial charge >= 0.3 is 6.03 Å². The van der Waals surface area contributed by atoms with Crippen molar-refractivity contribution < 1.29 is 14.0 Å². The Kier molecular flexibility index (Phi) is 4.71. The molecular weight excluding hydrogens is 259 g/mol. The van der Waals surface area contributed by atoms with Gasteiger partial charge in [0.1, 0.15) is 11.6 Å². The van der Waals surface area contributed by atoms with Gasteiger partial charge in [0.15, 0.2) is 0 Å². The molecule has 1 atom stereocenters. The number of hydrogen-bond acceptors (Lipinski definition) is 2. The molecule has 1 N–H and O–H groups in total. The van der Waals surface area contributed by atoms with Crippen molar-refractivity contribution in [1.29, 1.82) is 0 Å². The standard InChI is InChI=1S/C15H19FN2O2/c1-11(19)10-12-6-4-5-9-18(12)15(20)17-14-8-3-2-7-13(14)16/h2-3,7-8,12H,4-6,9-10H2,1H3,(H,17,20). The first-order valence-electron chi connectivity index (χ1n) is 6.89. The Balaban J connectivity index is 2.06. The fourth-order valence-corrected chi connectivity index (χ4v) is 2.56. The lowest BCUT2D eigenvalue weighted by Crippen LogP contribution is -2.46. The molecule has 20 heavy (non-hydrogen) atoms. The zero-order valence-corrected chi connectivity index (χ0v) is 11.6. The van der Waals surface area contributed by atoms with Crippen LogP contribution in [0, 0.1) is 5.82 Å². The lowest BCUT2D eigenvalue weighted by atomic mass is 9.98. The molecule has 2 amide bonds. The number of hydrogen-bond donors (Lipinski definition) is 1. The number of rotatable bonds is 3. The first-order valence-corrected chi connectivity index (χ1v) is 6.89. The number of halogens is 1. The van der Waals surface area contributed by atoms with Crippen molar-refractivity contribution in [3.05, 3.63) is 30.1 Å². The van der Waals surface area contributed by atoms with Gasteiger partial charge < -0.3 is 10.2 Å². The minimum absolute atomic E-state index is 0.0700. The first kappa shape index (κ1) is 14.5. The summed E-state index contributed by atoms with van der Waals surface area (Å²) in [4.78, 5) is 25.2. The van der Waals surface area contributed by atoms with Gasteiger partial charge in [0.05, 0.1) is 5.69 Å². The SMILES string of the molecule is CC(=O)CC1CCCCN1C(=O)Nc1ccccc1F. The zero-order valence-electron chi connectivity index (χ0n) is 11.6. The Morgan fingerprint density at radius 3 is 2.80 bits per heavy atom. The van der Waals surface area contributed by atoms with Crippen LogP contribution in [0.4, 0.5) is 14.9 Å². The molecule has 1 saturated heterocycles. The van der Waals surface area contributed by atoms with E-state index in [0.29, 0.717) is 13.0 Å². The number of piperidine rings is 1. The Hall–Kier alpha value is -1.91. The summed E-state index contributed by atoms with van der Waals surface area (Å²) in [5.41, 5.74) is 0.171. The summed E-state index contributed by atoms with van der Waals surface area (Å²) >= 11 is 0. The number of likely N-dealkylation sites (tertiary alicyclic amines) is 1. The number of urea groups is 1. The topological polar surface area (TPSA) is 49.4 Å². The summed E-state index contributed by atoms with van der Waals surface area (Å²) in [6.45, 7) is 2.14. The second-order valence-electron chi connectivity index (χ2n) is 5.16. The van der Waals surface area contributed by atoms with Gasteiger partial charge in [-0.15, -0.1) is 0 Å². The van der Waals surface area contributed by atoms with E-state index < -0.39 is 5.82 Å². The van der Waals surface area contributed by atoms with Gasteiger partial charge in [0, 0.05) is 19.0 Å². The number of benzene rings is 1. The highest BCUT2D eigenvalue weighted by Gasteiger charge is 2.27. The van der Waals surface area contributed by atoms with Crippen LogP contribution in [0.5, 0.6) is 0 Å². The third-order valence-electron chi connectivity index (χ3n) is 3.53. The fourth-order valence-electron chi connectivity index (χ4n) is 2.56. The van der Waals surface area contributed by atoms with Gasteiger partial charge in [-0.2, -0.15) is 0 Å². The van der Waals surface area contributed by atoms with E-state index in [1.807, 2.05) is 0 Å². The molecule has 1 aromatic rings. The van der Waals surface area contributed by atoms with E-state index in [1.165, 1.54) is 19.1 Å². The highest BCUT2D eigenvalue weighted by Crippen LogP contribution is 2.22. The molecule has 0 spiro atoms. The number of para-hydroxylation sites is 1. The Morgan fingerprint density at radius 1 is 1.35 bits per heavy atom. The van der Waals surface area contributed by atoms with Crippen LogP contribution in [0.2, 0.25) is 0 Å². The van der Waals surface area contributed by atoms with Crippen LogP contribution in [-0.4, -0.2) is 29.3 Å². The first-order chi connectivity index (χ1) is 9.58. The molecule has 0 bridgehead atoms. The summed E-state index contributed by atoms with van der Waals surface area (Å²) in [7, 11) is 0. The number of carbonyl (C=O) groups is 2. The van der Waals surface area contributed by atoms with Gasteiger partial charge in [-0.25, -0.2) is 9.18 Å². The third-order valence-corrected chi connectivity index (χ3v) is 3.53. The smallest absolute Gasteiger partial charge is 0.321 e. The number of nitrogens with zero attached hydrogens (tertiary/aromatic N) is 1. The second kappa shape index (κ2) is 6.50. The Morgan fingerprint density at radius 2 is 2.10 bits per heavy atom. The third kappa shape index (κ3) is 3.56. The molecule has 1 heterocycles. The van der Waals surface area contributed by atoms with Gasteiger partial charge in [-0.3, -0.25) is 4.79 Å². The van der Waals surface area contributed by atoms with Crippen LogP contribution in [0.25, 0.3) is 0 Å². The van der Waals surface area contributed by atoms with Crippen molar-refractivity contribution in [2.24, 2.45) is 0 Å². The number of nitrogens with one attached hydrogen (secondary N) is 1. The maximum absolute atomic E-state index is 13.5. The summed E-state index contributed by atoms with van der Waals surface area (Å²) in [6, 6.07) is 5.66. The van der Waals surface area contributed by atoms with Crippen molar-refractivity contribution in [2.75, 3.05) is 11.9 Å². The molecule has 0 aliphatic carbocycles. The molecule has 1 fully saturated rings. The summed E-state index contributed by atoms with van der Waals surface area (Å²) in [6.07, 6.45) is 3.12. The molecule has 4 nitrogen and oxygen atoms in total. The Labute approximate surface area is 118 Å². The maximum Gasteiger partial charge on any atom is 0.322 e. The molecule has 0 saturated carbocycles. The lowest BCUT2D eigenvalue weighted by molar-refractivity contribution is -0.118. The highest BCUT2D eigenvalue weighted by atomic mass is 19.1. The Bertz CT molecular complexity index is 504. The van der Waals surface area contributed by atoms with Crippen molar-refractivity contribution >= 4 is 17.5 Å². The normalized spacial score (nSPS) is 18.7. The lowest BCUT2D eigenvalue weighted by Gasteiger charge is -2.35. The molecule has 1 aliphatic heterocycles. The monoisotopic (exact) mass is 278 g/mol. The van der Waals surface area contributed by atoms with Crippen LogP contribution in [-0.2, 0) is 4.79 Å². The second-order valence-corrected chi connectivity index (χ2v) is 5.16. The van der Waals surface area contributed by atoms with Crippen LogP contribution in [0.3, 0.4) is 0 Å². The summed E-state index contributed by atoms with van der Waals surface area (Å²) in [5.74, 6) is -0.387. The van der Waals surface area contributed by atoms with E-state index in [1.54, 1.807) is 17.0 Å². The number of anilines is 1. The largest absolute Gasteiger partial charge is 0.322 e. The van der Waals surface area contributed by atoms with Crippen LogP contribution in [0.1, 0.15) is 32.6 Å². The molecule has 2 rings (SSSR count). The minimum Gasteiger partial charge on any atom is -0.321 e. The molecular formula is C15H19FN2O2. The summed E-state index contributed by atoms with van der Waals surface area (Å²) < 4.78 is 13.5. The van der Waals surface area contributed by atoms with Crippen LogP contribution < -0.4 is 5.32 Å². The van der Waals surface area contributed by atoms with E-state index in [4.69, 9.17) is 0 Å². The van der Waals surface area contributed by atoms with Crippen molar-refractivity contribution in [3.8, 4) is 0 Å². The van der Waals surface area contributed by atoms with Gasteiger partial charge in [-0.1, -0.05) is 12.1 Å². The predicted molar refractivity (Wildman–Crippen MR) is 75.1 cm³/mol. The minimum atomic E-state index is -0.457. The van der Waals surface area contributed by atoms with E-state index in [0.717, 1.165) is 19.3 Å². The van der Waals surface area contributed by atoms with Gasteiger partial charge in [0.2, 0.25) is 0 Å². The molecule has 5 heteroatoms. The zero-order chi connectivity index (χ0) is 14.5. The van der Waals surface area contributed by atoms with Gasteiger partial charge in [0.25, 0.3) is 0 Å². The number of carbonyl (C=O) groups excluding carboxylic acids is 2. The predicted octanol–water partition coefficient (Wildman–Crippen LogP) is 3.19. The molecule has 0 radical (unpaired) electrons. The molecule has 0 aromatic heterocycles. The fraction of sp³-hybridized carbons (Fsp3) is 0.467. The molecule has 1 aliphatic rings. The maximum atomic E-state index is 13.5. The van der Waals surface area contributed by atoms with E-state index in [-0.39, 0.29) is 23.5 Å². The van der Waals surface area contributed by atoms with E-state index in [2.05, 4.69) is 5.32 Å². The average molecular weight is 278 g/mol. The number of ketones is 1. The van der Waals surface area contributed by atoms with Crippen molar-refractivity contribution in [2.45, 2.75) is 38.6 Å². The quantitative estimate of drug-likeness (QED) is 0.923. The van der Waals surface area contributed by atoms with Crippen LogP contribution in [0.15, 0.2) is 24.3 Å². The number of amides is 2.